The summed E-state index contributed by atoms with van der Waals surface area (Å²) in [4.78, 5) is 0. The van der Waals surface area contributed by atoms with E-state index in [4.69, 9.17) is 17.3 Å². The summed E-state index contributed by atoms with van der Waals surface area (Å²) in [5.41, 5.74) is 9.89. The first-order chi connectivity index (χ1) is 9.06. The molecule has 3 N–H and O–H groups in total. The zero-order valence-electron chi connectivity index (χ0n) is 11.3. The van der Waals surface area contributed by atoms with Crippen LogP contribution in [-0.4, -0.2) is 6.04 Å². The summed E-state index contributed by atoms with van der Waals surface area (Å²) in [5.74, 6) is 0. The Morgan fingerprint density at radius 2 is 1.89 bits per heavy atom. The standard InChI is InChI=1S/C16H19ClN2/c1-11-8-15(18)14(17)10-16(11)19-12(2)9-13-6-4-3-5-7-13/h3-8,10,12,19H,9,18H2,1-2H3. The molecule has 0 fully saturated rings. The van der Waals surface area contributed by atoms with E-state index in [-0.39, 0.29) is 0 Å². The van der Waals surface area contributed by atoms with Gasteiger partial charge in [0, 0.05) is 11.7 Å². The zero-order valence-corrected chi connectivity index (χ0v) is 12.0. The van der Waals surface area contributed by atoms with Crippen molar-refractivity contribution in [2.75, 3.05) is 11.1 Å². The van der Waals surface area contributed by atoms with Gasteiger partial charge in [-0.2, -0.15) is 0 Å². The van der Waals surface area contributed by atoms with E-state index in [9.17, 15) is 0 Å². The molecule has 0 spiro atoms. The van der Waals surface area contributed by atoms with E-state index in [2.05, 4.69) is 36.5 Å². The number of nitrogen functional groups attached to an aromatic ring is 1. The van der Waals surface area contributed by atoms with Crippen LogP contribution in [0, 0.1) is 6.92 Å². The Bertz CT molecular complexity index is 552. The minimum Gasteiger partial charge on any atom is -0.398 e. The van der Waals surface area contributed by atoms with Crippen LogP contribution in [0.5, 0.6) is 0 Å². The molecule has 0 saturated heterocycles. The van der Waals surface area contributed by atoms with Crippen molar-refractivity contribution in [1.82, 2.24) is 0 Å². The molecule has 0 aliphatic carbocycles. The first-order valence-corrected chi connectivity index (χ1v) is 6.80. The van der Waals surface area contributed by atoms with Gasteiger partial charge in [0.1, 0.15) is 0 Å². The quantitative estimate of drug-likeness (QED) is 0.817. The highest BCUT2D eigenvalue weighted by Gasteiger charge is 2.07. The summed E-state index contributed by atoms with van der Waals surface area (Å²) < 4.78 is 0. The number of benzene rings is 2. The largest absolute Gasteiger partial charge is 0.398 e. The molecule has 0 aliphatic rings. The molecule has 100 valence electrons. The van der Waals surface area contributed by atoms with Crippen LogP contribution in [0.1, 0.15) is 18.1 Å². The number of hydrogen-bond donors (Lipinski definition) is 2. The van der Waals surface area contributed by atoms with Crippen LogP contribution in [0.2, 0.25) is 5.02 Å². The number of nitrogens with one attached hydrogen (secondary N) is 1. The lowest BCUT2D eigenvalue weighted by Crippen LogP contribution is -2.18. The van der Waals surface area contributed by atoms with Crippen molar-refractivity contribution in [2.24, 2.45) is 0 Å². The normalized spacial score (nSPS) is 12.2. The fraction of sp³-hybridized carbons (Fsp3) is 0.250. The number of nitrogens with two attached hydrogens (primary N) is 1. The van der Waals surface area contributed by atoms with Crippen molar-refractivity contribution in [3.8, 4) is 0 Å². The maximum absolute atomic E-state index is 6.06. The predicted molar refractivity (Wildman–Crippen MR) is 83.8 cm³/mol. The number of rotatable bonds is 4. The van der Waals surface area contributed by atoms with Gasteiger partial charge in [-0.3, -0.25) is 0 Å². The van der Waals surface area contributed by atoms with Crippen molar-refractivity contribution in [1.29, 1.82) is 0 Å². The van der Waals surface area contributed by atoms with Crippen LogP contribution < -0.4 is 11.1 Å². The lowest BCUT2D eigenvalue weighted by Gasteiger charge is -2.18. The molecule has 2 aromatic carbocycles. The summed E-state index contributed by atoms with van der Waals surface area (Å²) in [6, 6.07) is 14.6. The van der Waals surface area contributed by atoms with Gasteiger partial charge < -0.3 is 11.1 Å². The third-order valence-corrected chi connectivity index (χ3v) is 3.46. The summed E-state index contributed by atoms with van der Waals surface area (Å²) in [7, 11) is 0. The summed E-state index contributed by atoms with van der Waals surface area (Å²) in [5, 5.41) is 4.08. The first-order valence-electron chi connectivity index (χ1n) is 6.42. The molecule has 0 aliphatic heterocycles. The third kappa shape index (κ3) is 3.65. The molecular weight excluding hydrogens is 256 g/mol. The molecule has 2 rings (SSSR count). The van der Waals surface area contributed by atoms with Crippen LogP contribution in [0.15, 0.2) is 42.5 Å². The minimum atomic E-state index is 0.334. The lowest BCUT2D eigenvalue weighted by atomic mass is 10.1. The van der Waals surface area contributed by atoms with Crippen molar-refractivity contribution >= 4 is 23.0 Å². The molecule has 19 heavy (non-hydrogen) atoms. The van der Waals surface area contributed by atoms with Crippen LogP contribution in [0.25, 0.3) is 0 Å². The molecule has 0 heterocycles. The SMILES string of the molecule is Cc1cc(N)c(Cl)cc1NC(C)Cc1ccccc1. The van der Waals surface area contributed by atoms with Gasteiger partial charge in [0.2, 0.25) is 0 Å². The van der Waals surface area contributed by atoms with E-state index < -0.39 is 0 Å². The monoisotopic (exact) mass is 274 g/mol. The minimum absolute atomic E-state index is 0.334. The van der Waals surface area contributed by atoms with Crippen molar-refractivity contribution in [3.63, 3.8) is 0 Å². The second kappa shape index (κ2) is 5.98. The van der Waals surface area contributed by atoms with Crippen LogP contribution in [0.3, 0.4) is 0 Å². The summed E-state index contributed by atoms with van der Waals surface area (Å²) in [6.07, 6.45) is 0.974. The molecule has 1 unspecified atom stereocenters. The Morgan fingerprint density at radius 3 is 2.58 bits per heavy atom. The van der Waals surface area contributed by atoms with E-state index in [1.807, 2.05) is 25.1 Å². The van der Waals surface area contributed by atoms with E-state index in [1.54, 1.807) is 0 Å². The van der Waals surface area contributed by atoms with Gasteiger partial charge in [0.15, 0.2) is 0 Å². The van der Waals surface area contributed by atoms with E-state index in [0.29, 0.717) is 16.8 Å². The number of hydrogen-bond acceptors (Lipinski definition) is 2. The second-order valence-corrected chi connectivity index (χ2v) is 5.33. The highest BCUT2D eigenvalue weighted by Crippen LogP contribution is 2.27. The molecule has 0 aromatic heterocycles. The van der Waals surface area contributed by atoms with Gasteiger partial charge in [-0.05, 0) is 43.5 Å². The summed E-state index contributed by atoms with van der Waals surface area (Å²) >= 11 is 6.06. The maximum atomic E-state index is 6.06. The Labute approximate surface area is 119 Å². The molecular formula is C16H19ClN2. The van der Waals surface area contributed by atoms with Crippen LogP contribution in [0.4, 0.5) is 11.4 Å². The van der Waals surface area contributed by atoms with E-state index >= 15 is 0 Å². The van der Waals surface area contributed by atoms with E-state index in [0.717, 1.165) is 17.7 Å². The Morgan fingerprint density at radius 1 is 1.21 bits per heavy atom. The average Bonchev–Trinajstić information content (AvgIpc) is 2.37. The van der Waals surface area contributed by atoms with Crippen LogP contribution in [-0.2, 0) is 6.42 Å². The van der Waals surface area contributed by atoms with Gasteiger partial charge in [-0.15, -0.1) is 0 Å². The van der Waals surface area contributed by atoms with E-state index in [1.165, 1.54) is 5.56 Å². The Balaban J connectivity index is 2.07. The molecule has 2 aromatic rings. The van der Waals surface area contributed by atoms with Crippen LogP contribution >= 0.6 is 11.6 Å². The fourth-order valence-corrected chi connectivity index (χ4v) is 2.31. The number of halogens is 1. The Hall–Kier alpha value is -1.67. The van der Waals surface area contributed by atoms with Crippen molar-refractivity contribution < 1.29 is 0 Å². The molecule has 0 radical (unpaired) electrons. The molecule has 1 atom stereocenters. The predicted octanol–water partition coefficient (Wildman–Crippen LogP) is 4.27. The van der Waals surface area contributed by atoms with Crippen molar-refractivity contribution in [3.05, 3.63) is 58.6 Å². The smallest absolute Gasteiger partial charge is 0.0656 e. The van der Waals surface area contributed by atoms with Gasteiger partial charge in [-0.1, -0.05) is 41.9 Å². The molecule has 0 saturated carbocycles. The first kappa shape index (κ1) is 13.8. The second-order valence-electron chi connectivity index (χ2n) is 4.92. The highest BCUT2D eigenvalue weighted by molar-refractivity contribution is 6.33. The van der Waals surface area contributed by atoms with Crippen molar-refractivity contribution in [2.45, 2.75) is 26.3 Å². The topological polar surface area (TPSA) is 38.0 Å². The van der Waals surface area contributed by atoms with Gasteiger partial charge in [0.05, 0.1) is 10.7 Å². The lowest BCUT2D eigenvalue weighted by molar-refractivity contribution is 0.789. The molecule has 0 bridgehead atoms. The fourth-order valence-electron chi connectivity index (χ4n) is 2.14. The van der Waals surface area contributed by atoms with Gasteiger partial charge in [0.25, 0.3) is 0 Å². The van der Waals surface area contributed by atoms with Gasteiger partial charge >= 0.3 is 0 Å². The maximum Gasteiger partial charge on any atom is 0.0656 e. The molecule has 0 amide bonds. The van der Waals surface area contributed by atoms with Gasteiger partial charge in [-0.25, -0.2) is 0 Å². The third-order valence-electron chi connectivity index (χ3n) is 3.13. The number of aryl methyl sites for hydroxylation is 1. The highest BCUT2D eigenvalue weighted by atomic mass is 35.5. The molecule has 2 nitrogen and oxygen atoms in total. The number of anilines is 2. The Kier molecular flexibility index (Phi) is 4.33. The zero-order chi connectivity index (χ0) is 13.8. The summed E-state index contributed by atoms with van der Waals surface area (Å²) in [6.45, 7) is 4.20. The average molecular weight is 275 g/mol. The molecule has 3 heteroatoms.